The Morgan fingerprint density at radius 3 is 2.53 bits per heavy atom. The summed E-state index contributed by atoms with van der Waals surface area (Å²) in [6, 6.07) is 19.7. The molecule has 2 aliphatic heterocycles. The normalized spacial score (nSPS) is 17.3. The lowest BCUT2D eigenvalue weighted by Gasteiger charge is -2.26. The Morgan fingerprint density at radius 1 is 0.971 bits per heavy atom. The predicted molar refractivity (Wildman–Crippen MR) is 126 cm³/mol. The number of amides is 3. The molecule has 3 aromatic rings. The minimum absolute atomic E-state index is 0.126. The maximum atomic E-state index is 13.6. The smallest absolute Gasteiger partial charge is 0.256 e. The van der Waals surface area contributed by atoms with Crippen LogP contribution in [-0.4, -0.2) is 35.2 Å². The maximum absolute atomic E-state index is 13.6. The van der Waals surface area contributed by atoms with E-state index in [1.807, 2.05) is 18.2 Å². The van der Waals surface area contributed by atoms with Crippen LogP contribution in [0.1, 0.15) is 44.7 Å². The van der Waals surface area contributed by atoms with Crippen molar-refractivity contribution in [1.29, 1.82) is 0 Å². The summed E-state index contributed by atoms with van der Waals surface area (Å²) in [6.07, 6.45) is 1.43. The van der Waals surface area contributed by atoms with Crippen molar-refractivity contribution in [1.82, 2.24) is 10.2 Å². The molecule has 2 aliphatic rings. The molecule has 2 heterocycles. The fraction of sp³-hybridized carbons (Fsp3) is 0.222. The van der Waals surface area contributed by atoms with Crippen molar-refractivity contribution in [3.05, 3.63) is 101 Å². The summed E-state index contributed by atoms with van der Waals surface area (Å²) >= 11 is 0. The second-order valence-corrected chi connectivity index (χ2v) is 8.56. The van der Waals surface area contributed by atoms with Crippen molar-refractivity contribution in [2.75, 3.05) is 11.4 Å². The van der Waals surface area contributed by atoms with Gasteiger partial charge in [0.25, 0.3) is 11.8 Å². The molecular weight excluding hydrogens is 433 g/mol. The van der Waals surface area contributed by atoms with E-state index in [9.17, 15) is 18.8 Å². The number of hydrogen-bond donors (Lipinski definition) is 1. The molecule has 0 spiro atoms. The highest BCUT2D eigenvalue weighted by Gasteiger charge is 2.42. The van der Waals surface area contributed by atoms with E-state index in [-0.39, 0.29) is 36.6 Å². The van der Waals surface area contributed by atoms with Crippen LogP contribution in [0, 0.1) is 5.82 Å². The third-order valence-corrected chi connectivity index (χ3v) is 6.45. The molecule has 0 unspecified atom stereocenters. The molecule has 0 aromatic heterocycles. The summed E-state index contributed by atoms with van der Waals surface area (Å²) in [6.45, 7) is 0.998. The average molecular weight is 458 g/mol. The number of anilines is 1. The van der Waals surface area contributed by atoms with Gasteiger partial charge in [-0.3, -0.25) is 14.4 Å². The summed E-state index contributed by atoms with van der Waals surface area (Å²) in [7, 11) is 0. The molecule has 1 N–H and O–H groups in total. The Balaban J connectivity index is 1.43. The second kappa shape index (κ2) is 9.09. The minimum atomic E-state index is -0.487. The van der Waals surface area contributed by atoms with E-state index in [1.54, 1.807) is 52.3 Å². The topological polar surface area (TPSA) is 69.7 Å². The third-order valence-electron chi connectivity index (χ3n) is 6.45. The van der Waals surface area contributed by atoms with Crippen LogP contribution >= 0.6 is 0 Å². The van der Waals surface area contributed by atoms with Crippen LogP contribution in [0.15, 0.2) is 72.8 Å². The molecule has 7 heteroatoms. The zero-order valence-electron chi connectivity index (χ0n) is 18.5. The van der Waals surface area contributed by atoms with Crippen LogP contribution in [0.4, 0.5) is 10.1 Å². The van der Waals surface area contributed by atoms with Crippen LogP contribution in [-0.2, 0) is 17.9 Å². The standard InChI is InChI=1S/C27H24FN3O3/c28-20-13-11-18(12-14-20)16-29-25(32)21-7-2-1-6-19(21)17-31-23-9-4-3-8-22(23)26(33)30-15-5-10-24(30)27(31)34/h1-4,6-9,11-14,24H,5,10,15-17H2,(H,29,32)/t24-/m0/s1. The van der Waals surface area contributed by atoms with Gasteiger partial charge >= 0.3 is 0 Å². The predicted octanol–water partition coefficient (Wildman–Crippen LogP) is 3.91. The SMILES string of the molecule is O=C(NCc1ccc(F)cc1)c1ccccc1CN1C(=O)[C@@H]2CCCN2C(=O)c2ccccc21. The van der Waals surface area contributed by atoms with Gasteiger partial charge in [0, 0.05) is 18.7 Å². The Kier molecular flexibility index (Phi) is 5.84. The Bertz CT molecular complexity index is 1260. The van der Waals surface area contributed by atoms with Crippen molar-refractivity contribution in [2.24, 2.45) is 0 Å². The number of halogens is 1. The van der Waals surface area contributed by atoms with E-state index < -0.39 is 6.04 Å². The quantitative estimate of drug-likeness (QED) is 0.632. The van der Waals surface area contributed by atoms with E-state index in [4.69, 9.17) is 0 Å². The van der Waals surface area contributed by atoms with Crippen molar-refractivity contribution in [3.8, 4) is 0 Å². The van der Waals surface area contributed by atoms with Gasteiger partial charge in [-0.05, 0) is 54.3 Å². The first kappa shape index (κ1) is 21.8. The van der Waals surface area contributed by atoms with E-state index in [1.165, 1.54) is 12.1 Å². The highest BCUT2D eigenvalue weighted by molar-refractivity contribution is 6.11. The lowest BCUT2D eigenvalue weighted by Crippen LogP contribution is -2.44. The average Bonchev–Trinajstić information content (AvgIpc) is 3.34. The number of hydrogen-bond acceptors (Lipinski definition) is 3. The maximum Gasteiger partial charge on any atom is 0.256 e. The van der Waals surface area contributed by atoms with Crippen molar-refractivity contribution >= 4 is 23.4 Å². The first-order chi connectivity index (χ1) is 16.5. The molecule has 1 atom stereocenters. The van der Waals surface area contributed by atoms with Gasteiger partial charge in [0.1, 0.15) is 11.9 Å². The number of carbonyl (C=O) groups is 3. The zero-order chi connectivity index (χ0) is 23.7. The molecule has 3 amide bonds. The first-order valence-corrected chi connectivity index (χ1v) is 11.3. The van der Waals surface area contributed by atoms with Crippen molar-refractivity contribution in [3.63, 3.8) is 0 Å². The Hall–Kier alpha value is -4.00. The lowest BCUT2D eigenvalue weighted by atomic mass is 10.0. The number of para-hydroxylation sites is 1. The fourth-order valence-corrected chi connectivity index (χ4v) is 4.70. The summed E-state index contributed by atoms with van der Waals surface area (Å²) in [5, 5.41) is 2.87. The number of benzene rings is 3. The molecule has 0 bridgehead atoms. The minimum Gasteiger partial charge on any atom is -0.348 e. The molecule has 0 aliphatic carbocycles. The monoisotopic (exact) mass is 457 g/mol. The van der Waals surface area contributed by atoms with Gasteiger partial charge in [0.05, 0.1) is 17.8 Å². The molecule has 1 saturated heterocycles. The van der Waals surface area contributed by atoms with E-state index in [0.717, 1.165) is 12.0 Å². The van der Waals surface area contributed by atoms with Crippen LogP contribution in [0.2, 0.25) is 0 Å². The van der Waals surface area contributed by atoms with Crippen LogP contribution < -0.4 is 10.2 Å². The summed E-state index contributed by atoms with van der Waals surface area (Å²) in [5.74, 6) is -0.868. The number of nitrogens with one attached hydrogen (secondary N) is 1. The number of nitrogens with zero attached hydrogens (tertiary/aromatic N) is 2. The van der Waals surface area contributed by atoms with Crippen molar-refractivity contribution in [2.45, 2.75) is 32.0 Å². The van der Waals surface area contributed by atoms with Gasteiger partial charge in [-0.2, -0.15) is 0 Å². The molecule has 3 aromatic carbocycles. The van der Waals surface area contributed by atoms with Crippen LogP contribution in [0.3, 0.4) is 0 Å². The molecule has 1 fully saturated rings. The van der Waals surface area contributed by atoms with Gasteiger partial charge < -0.3 is 15.1 Å². The Labute approximate surface area is 197 Å². The molecule has 172 valence electrons. The van der Waals surface area contributed by atoms with Gasteiger partial charge in [0.15, 0.2) is 0 Å². The lowest BCUT2D eigenvalue weighted by molar-refractivity contribution is -0.122. The highest BCUT2D eigenvalue weighted by Crippen LogP contribution is 2.33. The summed E-state index contributed by atoms with van der Waals surface area (Å²) in [4.78, 5) is 43.0. The van der Waals surface area contributed by atoms with Gasteiger partial charge in [-0.25, -0.2) is 4.39 Å². The first-order valence-electron chi connectivity index (χ1n) is 11.3. The van der Waals surface area contributed by atoms with E-state index in [2.05, 4.69) is 5.32 Å². The Morgan fingerprint density at radius 2 is 1.71 bits per heavy atom. The molecule has 6 nitrogen and oxygen atoms in total. The molecule has 5 rings (SSSR count). The highest BCUT2D eigenvalue weighted by atomic mass is 19.1. The fourth-order valence-electron chi connectivity index (χ4n) is 4.70. The van der Waals surface area contributed by atoms with Crippen molar-refractivity contribution < 1.29 is 18.8 Å². The van der Waals surface area contributed by atoms with Gasteiger partial charge in [-0.1, -0.05) is 42.5 Å². The molecule has 34 heavy (non-hydrogen) atoms. The number of fused-ring (bicyclic) bond motifs is 2. The van der Waals surface area contributed by atoms with E-state index in [0.29, 0.717) is 35.3 Å². The second-order valence-electron chi connectivity index (χ2n) is 8.56. The van der Waals surface area contributed by atoms with Crippen LogP contribution in [0.5, 0.6) is 0 Å². The largest absolute Gasteiger partial charge is 0.348 e. The van der Waals surface area contributed by atoms with Gasteiger partial charge in [0.2, 0.25) is 5.91 Å². The molecule has 0 radical (unpaired) electrons. The number of rotatable bonds is 5. The van der Waals surface area contributed by atoms with Gasteiger partial charge in [-0.15, -0.1) is 0 Å². The summed E-state index contributed by atoms with van der Waals surface area (Å²) < 4.78 is 13.2. The third kappa shape index (κ3) is 4.05. The summed E-state index contributed by atoms with van der Waals surface area (Å²) in [5.41, 5.74) is 2.98. The zero-order valence-corrected chi connectivity index (χ0v) is 18.5. The van der Waals surface area contributed by atoms with E-state index >= 15 is 0 Å². The number of carbonyl (C=O) groups excluding carboxylic acids is 3. The molecular formula is C27H24FN3O3. The van der Waals surface area contributed by atoms with Crippen LogP contribution in [0.25, 0.3) is 0 Å². The molecule has 0 saturated carbocycles.